The van der Waals surface area contributed by atoms with Crippen molar-refractivity contribution in [2.75, 3.05) is 37.1 Å². The molecule has 6 heteroatoms. The lowest BCUT2D eigenvalue weighted by Gasteiger charge is -2.22. The summed E-state index contributed by atoms with van der Waals surface area (Å²) >= 11 is 0. The van der Waals surface area contributed by atoms with Crippen LogP contribution in [0.4, 0.5) is 21.0 Å². The zero-order chi connectivity index (χ0) is 19.8. The maximum atomic E-state index is 12.1. The van der Waals surface area contributed by atoms with E-state index in [4.69, 9.17) is 9.47 Å². The molecule has 27 heavy (non-hydrogen) atoms. The van der Waals surface area contributed by atoms with Crippen LogP contribution in [0.3, 0.4) is 0 Å². The van der Waals surface area contributed by atoms with E-state index in [9.17, 15) is 9.59 Å². The molecule has 0 spiro atoms. The van der Waals surface area contributed by atoms with E-state index < -0.39 is 12.2 Å². The lowest BCUT2D eigenvalue weighted by atomic mass is 10.0. The first-order valence-electron chi connectivity index (χ1n) is 8.96. The second-order valence-corrected chi connectivity index (χ2v) is 5.95. The van der Waals surface area contributed by atoms with Crippen LogP contribution < -0.4 is 9.80 Å². The summed E-state index contributed by atoms with van der Waals surface area (Å²) in [4.78, 5) is 27.2. The molecule has 0 fully saturated rings. The Hall–Kier alpha value is -3.02. The standard InChI is InChI=1S/C21H26N2O4/c1-5-26-20(24)22(3)18-13-9-7-11-16(18)15-17-12-8-10-14-19(17)23(4)21(25)27-6-2/h7-14H,5-6,15H2,1-4H3. The first-order valence-corrected chi connectivity index (χ1v) is 8.96. The minimum Gasteiger partial charge on any atom is -0.449 e. The van der Waals surface area contributed by atoms with Crippen molar-refractivity contribution in [1.82, 2.24) is 0 Å². The summed E-state index contributed by atoms with van der Waals surface area (Å²) in [6, 6.07) is 15.3. The summed E-state index contributed by atoms with van der Waals surface area (Å²) in [5.41, 5.74) is 3.45. The Balaban J connectivity index is 2.34. The van der Waals surface area contributed by atoms with Crippen LogP contribution in [0.15, 0.2) is 48.5 Å². The summed E-state index contributed by atoms with van der Waals surface area (Å²) in [6.45, 7) is 4.19. The van der Waals surface area contributed by atoms with Gasteiger partial charge in [0.1, 0.15) is 0 Å². The number of hydrogen-bond donors (Lipinski definition) is 0. The maximum Gasteiger partial charge on any atom is 0.414 e. The van der Waals surface area contributed by atoms with Gasteiger partial charge in [0, 0.05) is 20.5 Å². The van der Waals surface area contributed by atoms with Gasteiger partial charge in [-0.05, 0) is 37.1 Å². The van der Waals surface area contributed by atoms with Crippen molar-refractivity contribution < 1.29 is 19.1 Å². The maximum absolute atomic E-state index is 12.1. The quantitative estimate of drug-likeness (QED) is 0.753. The van der Waals surface area contributed by atoms with Crippen molar-refractivity contribution in [3.63, 3.8) is 0 Å². The van der Waals surface area contributed by atoms with Crippen LogP contribution in [0, 0.1) is 0 Å². The average Bonchev–Trinajstić information content (AvgIpc) is 2.68. The third-order valence-electron chi connectivity index (χ3n) is 4.17. The lowest BCUT2D eigenvalue weighted by molar-refractivity contribution is 0.160. The number of carbonyl (C=O) groups excluding carboxylic acids is 2. The molecule has 0 radical (unpaired) electrons. The Kier molecular flexibility index (Phi) is 7.23. The van der Waals surface area contributed by atoms with Crippen LogP contribution in [0.2, 0.25) is 0 Å². The van der Waals surface area contributed by atoms with E-state index in [1.807, 2.05) is 48.5 Å². The predicted molar refractivity (Wildman–Crippen MR) is 107 cm³/mol. The van der Waals surface area contributed by atoms with Gasteiger partial charge in [-0.2, -0.15) is 0 Å². The molecule has 0 saturated heterocycles. The third kappa shape index (κ3) is 5.00. The van der Waals surface area contributed by atoms with Crippen LogP contribution in [-0.2, 0) is 15.9 Å². The van der Waals surface area contributed by atoms with Gasteiger partial charge in [0.25, 0.3) is 0 Å². The molecule has 2 rings (SSSR count). The number of benzene rings is 2. The Labute approximate surface area is 160 Å². The van der Waals surface area contributed by atoms with Crippen molar-refractivity contribution in [2.45, 2.75) is 20.3 Å². The number of rotatable bonds is 6. The predicted octanol–water partition coefficient (Wildman–Crippen LogP) is 4.46. The van der Waals surface area contributed by atoms with E-state index in [0.717, 1.165) is 22.5 Å². The molecule has 6 nitrogen and oxygen atoms in total. The Morgan fingerprint density at radius 3 is 1.48 bits per heavy atom. The minimum atomic E-state index is -0.401. The van der Waals surface area contributed by atoms with Gasteiger partial charge >= 0.3 is 12.2 Å². The van der Waals surface area contributed by atoms with Crippen LogP contribution in [-0.4, -0.2) is 39.5 Å². The summed E-state index contributed by atoms with van der Waals surface area (Å²) in [7, 11) is 3.38. The molecule has 0 saturated carbocycles. The van der Waals surface area contributed by atoms with Gasteiger partial charge in [0.05, 0.1) is 24.6 Å². The largest absolute Gasteiger partial charge is 0.449 e. The van der Waals surface area contributed by atoms with Crippen LogP contribution in [0.5, 0.6) is 0 Å². The van der Waals surface area contributed by atoms with E-state index >= 15 is 0 Å². The molecule has 2 aromatic carbocycles. The van der Waals surface area contributed by atoms with E-state index in [2.05, 4.69) is 0 Å². The van der Waals surface area contributed by atoms with Crippen molar-refractivity contribution >= 4 is 23.6 Å². The fraction of sp³-hybridized carbons (Fsp3) is 0.333. The highest BCUT2D eigenvalue weighted by atomic mass is 16.6. The van der Waals surface area contributed by atoms with E-state index in [-0.39, 0.29) is 0 Å². The van der Waals surface area contributed by atoms with Crippen molar-refractivity contribution in [2.24, 2.45) is 0 Å². The molecular weight excluding hydrogens is 344 g/mol. The highest BCUT2D eigenvalue weighted by molar-refractivity contribution is 5.89. The number of para-hydroxylation sites is 2. The molecule has 0 bridgehead atoms. The molecule has 0 unspecified atom stereocenters. The SMILES string of the molecule is CCOC(=O)N(C)c1ccccc1Cc1ccccc1N(C)C(=O)OCC. The first kappa shape index (κ1) is 20.3. The summed E-state index contributed by atoms with van der Waals surface area (Å²) in [5, 5.41) is 0. The molecule has 0 aliphatic heterocycles. The number of hydrogen-bond acceptors (Lipinski definition) is 4. The fourth-order valence-corrected chi connectivity index (χ4v) is 2.82. The highest BCUT2D eigenvalue weighted by Crippen LogP contribution is 2.28. The smallest absolute Gasteiger partial charge is 0.414 e. The van der Waals surface area contributed by atoms with Crippen molar-refractivity contribution in [3.05, 3.63) is 59.7 Å². The fourth-order valence-electron chi connectivity index (χ4n) is 2.82. The number of amides is 2. The van der Waals surface area contributed by atoms with Gasteiger partial charge in [-0.1, -0.05) is 36.4 Å². The monoisotopic (exact) mass is 370 g/mol. The van der Waals surface area contributed by atoms with Crippen LogP contribution in [0.1, 0.15) is 25.0 Å². The zero-order valence-electron chi connectivity index (χ0n) is 16.3. The zero-order valence-corrected chi connectivity index (χ0v) is 16.3. The molecule has 0 atom stereocenters. The van der Waals surface area contributed by atoms with Crippen molar-refractivity contribution in [3.8, 4) is 0 Å². The van der Waals surface area contributed by atoms with Gasteiger partial charge in [-0.15, -0.1) is 0 Å². The highest BCUT2D eigenvalue weighted by Gasteiger charge is 2.18. The second-order valence-electron chi connectivity index (χ2n) is 5.95. The molecule has 2 aromatic rings. The van der Waals surface area contributed by atoms with Crippen LogP contribution in [0.25, 0.3) is 0 Å². The normalized spacial score (nSPS) is 10.2. The molecule has 2 amide bonds. The van der Waals surface area contributed by atoms with E-state index in [0.29, 0.717) is 19.6 Å². The number of ether oxygens (including phenoxy) is 2. The van der Waals surface area contributed by atoms with Gasteiger partial charge in [-0.25, -0.2) is 9.59 Å². The molecule has 0 aliphatic rings. The van der Waals surface area contributed by atoms with Gasteiger partial charge < -0.3 is 9.47 Å². The molecule has 0 N–H and O–H groups in total. The molecule has 0 aliphatic carbocycles. The van der Waals surface area contributed by atoms with Crippen molar-refractivity contribution in [1.29, 1.82) is 0 Å². The van der Waals surface area contributed by atoms with Gasteiger partial charge in [-0.3, -0.25) is 9.80 Å². The third-order valence-corrected chi connectivity index (χ3v) is 4.17. The van der Waals surface area contributed by atoms with E-state index in [1.54, 1.807) is 27.9 Å². The van der Waals surface area contributed by atoms with Gasteiger partial charge in [0.2, 0.25) is 0 Å². The molecular formula is C21H26N2O4. The first-order chi connectivity index (χ1) is 13.0. The topological polar surface area (TPSA) is 59.1 Å². The van der Waals surface area contributed by atoms with Gasteiger partial charge in [0.15, 0.2) is 0 Å². The average molecular weight is 370 g/mol. The summed E-state index contributed by atoms with van der Waals surface area (Å²) < 4.78 is 10.2. The molecule has 0 heterocycles. The Morgan fingerprint density at radius 2 is 1.11 bits per heavy atom. The second kappa shape index (κ2) is 9.62. The molecule has 144 valence electrons. The minimum absolute atomic E-state index is 0.318. The lowest BCUT2D eigenvalue weighted by Crippen LogP contribution is -2.29. The number of anilines is 2. The van der Waals surface area contributed by atoms with E-state index in [1.165, 1.54) is 9.80 Å². The summed E-state index contributed by atoms with van der Waals surface area (Å²) in [6.07, 6.45) is -0.247. The van der Waals surface area contributed by atoms with Crippen LogP contribution >= 0.6 is 0 Å². The Morgan fingerprint density at radius 1 is 0.741 bits per heavy atom. The molecule has 0 aromatic heterocycles. The number of nitrogens with zero attached hydrogens (tertiary/aromatic N) is 2. The Bertz CT molecular complexity index is 726. The number of carbonyl (C=O) groups is 2. The summed E-state index contributed by atoms with van der Waals surface area (Å²) in [5.74, 6) is 0.